The van der Waals surface area contributed by atoms with Gasteiger partial charge in [0, 0.05) is 31.0 Å². The molecule has 2 unspecified atom stereocenters. The first kappa shape index (κ1) is 25.8. The largest absolute Gasteiger partial charge is 0.465 e. The fourth-order valence-corrected chi connectivity index (χ4v) is 7.88. The van der Waals surface area contributed by atoms with E-state index in [1.165, 1.54) is 0 Å². The Bertz CT molecular complexity index is 772. The molecule has 0 aromatic carbocycles. The second-order valence-corrected chi connectivity index (χ2v) is 11.1. The lowest BCUT2D eigenvalue weighted by Gasteiger charge is -2.38. The molecule has 3 heterocycles. The Kier molecular flexibility index (Phi) is 8.67. The number of hydrogen-bond acceptors (Lipinski definition) is 6. The van der Waals surface area contributed by atoms with Gasteiger partial charge in [-0.2, -0.15) is 0 Å². The van der Waals surface area contributed by atoms with Crippen molar-refractivity contribution in [2.75, 3.05) is 26.3 Å². The Morgan fingerprint density at radius 1 is 1.30 bits per heavy atom. The molecule has 0 aromatic heterocycles. The number of likely N-dealkylation sites (tertiary alicyclic amines) is 1. The molecule has 7 nitrogen and oxygen atoms in total. The zero-order chi connectivity index (χ0) is 24.2. The molecule has 3 aliphatic heterocycles. The Morgan fingerprint density at radius 3 is 2.70 bits per heavy atom. The molecule has 0 radical (unpaired) electrons. The highest BCUT2D eigenvalue weighted by Crippen LogP contribution is 2.66. The van der Waals surface area contributed by atoms with Crippen LogP contribution >= 0.6 is 11.8 Å². The van der Waals surface area contributed by atoms with Crippen LogP contribution in [0.1, 0.15) is 52.4 Å². The maximum Gasteiger partial charge on any atom is 0.310 e. The molecule has 1 N–H and O–H groups in total. The van der Waals surface area contributed by atoms with Gasteiger partial charge < -0.3 is 19.6 Å². The summed E-state index contributed by atoms with van der Waals surface area (Å²) in [7, 11) is 0. The number of aliphatic hydroxyl groups is 1. The predicted octanol–water partition coefficient (Wildman–Crippen LogP) is 2.78. The Morgan fingerprint density at radius 2 is 2.06 bits per heavy atom. The standard InChI is InChI=1S/C25H38N2O5S/c1-5-7-10-16-32-24(31)19-18-11-12-25(33-18)20(19)22(29)27(14-8-9-15-28)21(25)23(30)26(13-6-2)17(3)4/h5-6,17-21,28H,1-2,7-16H2,3-4H3/t18-,19+,20-,21?,25?/m0/s1. The summed E-state index contributed by atoms with van der Waals surface area (Å²) in [5.41, 5.74) is 0. The van der Waals surface area contributed by atoms with Crippen molar-refractivity contribution in [2.45, 2.75) is 74.5 Å². The van der Waals surface area contributed by atoms with Crippen molar-refractivity contribution >= 4 is 29.5 Å². The van der Waals surface area contributed by atoms with E-state index in [-0.39, 0.29) is 35.7 Å². The molecule has 184 valence electrons. The van der Waals surface area contributed by atoms with E-state index in [4.69, 9.17) is 4.74 Å². The number of hydrogen-bond donors (Lipinski definition) is 1. The molecule has 2 amide bonds. The average molecular weight is 479 g/mol. The van der Waals surface area contributed by atoms with E-state index in [1.807, 2.05) is 13.8 Å². The molecule has 1 spiro atoms. The van der Waals surface area contributed by atoms with E-state index in [2.05, 4.69) is 13.2 Å². The minimum atomic E-state index is -0.607. The Balaban J connectivity index is 1.91. The van der Waals surface area contributed by atoms with E-state index in [0.717, 1.165) is 19.3 Å². The summed E-state index contributed by atoms with van der Waals surface area (Å²) in [5.74, 6) is -1.54. The zero-order valence-electron chi connectivity index (χ0n) is 19.9. The van der Waals surface area contributed by atoms with Crippen LogP contribution in [0.25, 0.3) is 0 Å². The van der Waals surface area contributed by atoms with Crippen LogP contribution in [0.2, 0.25) is 0 Å². The summed E-state index contributed by atoms with van der Waals surface area (Å²) in [6.07, 6.45) is 7.71. The number of fused-ring (bicyclic) bond motifs is 1. The molecule has 8 heteroatoms. The fourth-order valence-electron chi connectivity index (χ4n) is 5.68. The van der Waals surface area contributed by atoms with Crippen LogP contribution in [0.15, 0.2) is 25.3 Å². The normalized spacial score (nSPS) is 29.9. The molecule has 0 aliphatic carbocycles. The Labute approximate surface area is 201 Å². The molecule has 3 saturated heterocycles. The van der Waals surface area contributed by atoms with E-state index in [0.29, 0.717) is 39.0 Å². The van der Waals surface area contributed by atoms with Crippen LogP contribution in [0, 0.1) is 11.8 Å². The zero-order valence-corrected chi connectivity index (χ0v) is 20.7. The number of nitrogens with zero attached hydrogens (tertiary/aromatic N) is 2. The summed E-state index contributed by atoms with van der Waals surface area (Å²) in [6, 6.07) is -0.640. The van der Waals surface area contributed by atoms with Gasteiger partial charge in [0.05, 0.1) is 23.2 Å². The summed E-state index contributed by atoms with van der Waals surface area (Å²) in [5, 5.41) is 9.26. The van der Waals surface area contributed by atoms with Crippen molar-refractivity contribution in [2.24, 2.45) is 11.8 Å². The average Bonchev–Trinajstić information content (AvgIpc) is 3.42. The van der Waals surface area contributed by atoms with Crippen molar-refractivity contribution in [3.8, 4) is 0 Å². The molecule has 5 atom stereocenters. The van der Waals surface area contributed by atoms with Crippen molar-refractivity contribution in [3.63, 3.8) is 0 Å². The lowest BCUT2D eigenvalue weighted by molar-refractivity contribution is -0.154. The maximum absolute atomic E-state index is 13.9. The van der Waals surface area contributed by atoms with Gasteiger partial charge in [0.25, 0.3) is 0 Å². The first-order valence-electron chi connectivity index (χ1n) is 12.1. The maximum atomic E-state index is 13.9. The van der Waals surface area contributed by atoms with Crippen molar-refractivity contribution < 1.29 is 24.2 Å². The highest BCUT2D eigenvalue weighted by molar-refractivity contribution is 8.02. The number of esters is 1. The van der Waals surface area contributed by atoms with Crippen LogP contribution in [-0.2, 0) is 19.1 Å². The van der Waals surface area contributed by atoms with Gasteiger partial charge in [-0.3, -0.25) is 14.4 Å². The Hall–Kier alpha value is -1.80. The highest BCUT2D eigenvalue weighted by Gasteiger charge is 2.74. The van der Waals surface area contributed by atoms with Gasteiger partial charge in [-0.25, -0.2) is 0 Å². The van der Waals surface area contributed by atoms with Crippen molar-refractivity contribution in [1.82, 2.24) is 9.80 Å². The second-order valence-electron chi connectivity index (χ2n) is 9.49. The van der Waals surface area contributed by atoms with E-state index in [1.54, 1.807) is 33.7 Å². The number of amides is 2. The monoisotopic (exact) mass is 478 g/mol. The molecular weight excluding hydrogens is 440 g/mol. The number of rotatable bonds is 13. The van der Waals surface area contributed by atoms with Gasteiger partial charge >= 0.3 is 5.97 Å². The topological polar surface area (TPSA) is 87.2 Å². The van der Waals surface area contributed by atoms with Crippen LogP contribution in [0.5, 0.6) is 0 Å². The molecule has 33 heavy (non-hydrogen) atoms. The minimum absolute atomic E-state index is 0.00708. The van der Waals surface area contributed by atoms with Gasteiger partial charge in [-0.15, -0.1) is 24.9 Å². The minimum Gasteiger partial charge on any atom is -0.465 e. The smallest absolute Gasteiger partial charge is 0.310 e. The first-order chi connectivity index (χ1) is 15.8. The third-order valence-electron chi connectivity index (χ3n) is 7.14. The number of aliphatic hydroxyl groups excluding tert-OH is 1. The predicted molar refractivity (Wildman–Crippen MR) is 130 cm³/mol. The highest BCUT2D eigenvalue weighted by atomic mass is 32.2. The van der Waals surface area contributed by atoms with E-state index >= 15 is 0 Å². The third-order valence-corrected chi connectivity index (χ3v) is 9.09. The second kappa shape index (κ2) is 11.1. The summed E-state index contributed by atoms with van der Waals surface area (Å²) in [4.78, 5) is 44.2. The summed E-state index contributed by atoms with van der Waals surface area (Å²) in [6.45, 7) is 12.6. The number of allylic oxidation sites excluding steroid dienone is 1. The van der Waals surface area contributed by atoms with Gasteiger partial charge in [-0.05, 0) is 52.4 Å². The molecule has 3 aliphatic rings. The van der Waals surface area contributed by atoms with Crippen LogP contribution in [0.4, 0.5) is 0 Å². The summed E-state index contributed by atoms with van der Waals surface area (Å²) >= 11 is 1.66. The third kappa shape index (κ3) is 4.74. The fraction of sp³-hybridized carbons (Fsp3) is 0.720. The van der Waals surface area contributed by atoms with E-state index < -0.39 is 22.6 Å². The van der Waals surface area contributed by atoms with Gasteiger partial charge in [0.2, 0.25) is 11.8 Å². The first-order valence-corrected chi connectivity index (χ1v) is 13.0. The lowest BCUT2D eigenvalue weighted by atomic mass is 9.71. The molecule has 0 aromatic rings. The molecule has 2 bridgehead atoms. The lowest BCUT2D eigenvalue weighted by Crippen LogP contribution is -2.56. The van der Waals surface area contributed by atoms with Gasteiger partial charge in [-0.1, -0.05) is 12.2 Å². The van der Waals surface area contributed by atoms with Gasteiger partial charge in [0.1, 0.15) is 6.04 Å². The molecule has 0 saturated carbocycles. The molecule has 3 rings (SSSR count). The number of ether oxygens (including phenoxy) is 1. The number of thioether (sulfide) groups is 1. The van der Waals surface area contributed by atoms with E-state index in [9.17, 15) is 19.5 Å². The van der Waals surface area contributed by atoms with Crippen molar-refractivity contribution in [1.29, 1.82) is 0 Å². The summed E-state index contributed by atoms with van der Waals surface area (Å²) < 4.78 is 4.98. The molecular formula is C25H38N2O5S. The number of carbonyl (C=O) groups is 3. The van der Waals surface area contributed by atoms with Crippen LogP contribution in [0.3, 0.4) is 0 Å². The van der Waals surface area contributed by atoms with Gasteiger partial charge in [0.15, 0.2) is 0 Å². The number of unbranched alkanes of at least 4 members (excludes halogenated alkanes) is 2. The van der Waals surface area contributed by atoms with Crippen LogP contribution in [-0.4, -0.2) is 81.1 Å². The van der Waals surface area contributed by atoms with Crippen LogP contribution < -0.4 is 0 Å². The number of carbonyl (C=O) groups excluding carboxylic acids is 3. The SMILES string of the molecule is C=CCCCOC(=O)[C@@H]1[C@@H]2CCC3(S2)C(C(=O)N(CC=C)C(C)C)N(CCCCO)C(=O)[C@H]13. The van der Waals surface area contributed by atoms with Crippen molar-refractivity contribution in [3.05, 3.63) is 25.3 Å². The molecule has 3 fully saturated rings. The quantitative estimate of drug-likeness (QED) is 0.249.